The molecule has 0 unspecified atom stereocenters. The number of imidazole rings is 1. The molecule has 1 fully saturated rings. The fraction of sp³-hybridized carbons (Fsp3) is 0.765. The van der Waals surface area contributed by atoms with Crippen molar-refractivity contribution in [2.45, 2.75) is 64.0 Å². The van der Waals surface area contributed by atoms with E-state index in [0.717, 1.165) is 38.1 Å². The molecule has 1 aromatic heterocycles. The van der Waals surface area contributed by atoms with E-state index in [9.17, 15) is 4.79 Å². The molecule has 2 rings (SSSR count). The van der Waals surface area contributed by atoms with Crippen LogP contribution in [0.2, 0.25) is 0 Å². The maximum absolute atomic E-state index is 12.3. The van der Waals surface area contributed by atoms with E-state index in [1.165, 1.54) is 19.3 Å². The minimum absolute atomic E-state index is 0.0664. The lowest BCUT2D eigenvalue weighted by atomic mass is 9.95. The van der Waals surface area contributed by atoms with Gasteiger partial charge in [0, 0.05) is 31.9 Å². The Kier molecular flexibility index (Phi) is 6.43. The second kappa shape index (κ2) is 8.32. The molecule has 1 N–H and O–H groups in total. The fourth-order valence-corrected chi connectivity index (χ4v) is 3.09. The molecule has 22 heavy (non-hydrogen) atoms. The molecule has 0 radical (unpaired) electrons. The molecule has 0 spiro atoms. The number of carbonyl (C=O) groups excluding carboxylic acids is 1. The standard InChI is InChI=1S/C17H30N4O/c1-14(17(22)19-15-8-5-4-6-9-15)20(2)12-7-10-16-18-11-13-21(16)3/h11,13-15H,4-10,12H2,1-3H3,(H,19,22)/t14-/m0/s1. The number of likely N-dealkylation sites (N-methyl/N-ethyl adjacent to an activating group) is 1. The van der Waals surface area contributed by atoms with E-state index in [1.54, 1.807) is 0 Å². The van der Waals surface area contributed by atoms with Crippen LogP contribution in [0.3, 0.4) is 0 Å². The van der Waals surface area contributed by atoms with E-state index < -0.39 is 0 Å². The van der Waals surface area contributed by atoms with Gasteiger partial charge in [0.1, 0.15) is 5.82 Å². The molecule has 1 aliphatic carbocycles. The Labute approximate surface area is 134 Å². The molecule has 5 heteroatoms. The highest BCUT2D eigenvalue weighted by Crippen LogP contribution is 2.17. The number of carbonyl (C=O) groups is 1. The Morgan fingerprint density at radius 3 is 2.82 bits per heavy atom. The third-order valence-corrected chi connectivity index (χ3v) is 4.82. The second-order valence-electron chi connectivity index (χ2n) is 6.56. The van der Waals surface area contributed by atoms with Crippen LogP contribution in [0.5, 0.6) is 0 Å². The van der Waals surface area contributed by atoms with Crippen molar-refractivity contribution < 1.29 is 4.79 Å². The maximum Gasteiger partial charge on any atom is 0.237 e. The molecule has 0 aromatic carbocycles. The van der Waals surface area contributed by atoms with Crippen LogP contribution in [-0.4, -0.2) is 46.0 Å². The van der Waals surface area contributed by atoms with E-state index in [2.05, 4.69) is 19.8 Å². The normalized spacial score (nSPS) is 17.6. The lowest BCUT2D eigenvalue weighted by molar-refractivity contribution is -0.126. The highest BCUT2D eigenvalue weighted by atomic mass is 16.2. The summed E-state index contributed by atoms with van der Waals surface area (Å²) in [5, 5.41) is 3.22. The Bertz CT molecular complexity index is 465. The maximum atomic E-state index is 12.3. The number of aromatic nitrogens is 2. The first-order valence-corrected chi connectivity index (χ1v) is 8.54. The molecule has 5 nitrogen and oxygen atoms in total. The minimum atomic E-state index is -0.0664. The van der Waals surface area contributed by atoms with Gasteiger partial charge >= 0.3 is 0 Å². The van der Waals surface area contributed by atoms with Gasteiger partial charge in [-0.05, 0) is 39.8 Å². The van der Waals surface area contributed by atoms with Crippen molar-refractivity contribution in [2.24, 2.45) is 7.05 Å². The van der Waals surface area contributed by atoms with Gasteiger partial charge in [0.25, 0.3) is 0 Å². The first-order chi connectivity index (χ1) is 10.6. The van der Waals surface area contributed by atoms with Crippen molar-refractivity contribution in [3.8, 4) is 0 Å². The van der Waals surface area contributed by atoms with Crippen LogP contribution >= 0.6 is 0 Å². The summed E-state index contributed by atoms with van der Waals surface area (Å²) in [5.74, 6) is 1.28. The molecule has 1 atom stereocenters. The lowest BCUT2D eigenvalue weighted by Gasteiger charge is -2.28. The van der Waals surface area contributed by atoms with Crippen molar-refractivity contribution in [1.29, 1.82) is 0 Å². The van der Waals surface area contributed by atoms with Gasteiger partial charge in [-0.2, -0.15) is 0 Å². The zero-order valence-electron chi connectivity index (χ0n) is 14.2. The number of hydrogen-bond donors (Lipinski definition) is 1. The topological polar surface area (TPSA) is 50.2 Å². The summed E-state index contributed by atoms with van der Waals surface area (Å²) in [5.41, 5.74) is 0. The van der Waals surface area contributed by atoms with Crippen molar-refractivity contribution in [2.75, 3.05) is 13.6 Å². The Hall–Kier alpha value is -1.36. The Morgan fingerprint density at radius 1 is 1.45 bits per heavy atom. The van der Waals surface area contributed by atoms with Crippen LogP contribution in [0, 0.1) is 0 Å². The molecule has 1 aromatic rings. The molecule has 1 aliphatic rings. The van der Waals surface area contributed by atoms with Gasteiger partial charge < -0.3 is 9.88 Å². The van der Waals surface area contributed by atoms with E-state index in [-0.39, 0.29) is 11.9 Å². The Morgan fingerprint density at radius 2 is 2.18 bits per heavy atom. The first-order valence-electron chi connectivity index (χ1n) is 8.54. The SMILES string of the molecule is C[C@@H](C(=O)NC1CCCCC1)N(C)CCCc1nccn1C. The monoisotopic (exact) mass is 306 g/mol. The van der Waals surface area contributed by atoms with Gasteiger partial charge in [-0.3, -0.25) is 9.69 Å². The highest BCUT2D eigenvalue weighted by Gasteiger charge is 2.22. The lowest BCUT2D eigenvalue weighted by Crippen LogP contribution is -2.47. The van der Waals surface area contributed by atoms with E-state index >= 15 is 0 Å². The highest BCUT2D eigenvalue weighted by molar-refractivity contribution is 5.81. The summed E-state index contributed by atoms with van der Waals surface area (Å²) in [6, 6.07) is 0.327. The number of hydrogen-bond acceptors (Lipinski definition) is 3. The average Bonchev–Trinajstić information content (AvgIpc) is 2.92. The number of amides is 1. The zero-order chi connectivity index (χ0) is 15.9. The van der Waals surface area contributed by atoms with E-state index in [0.29, 0.717) is 6.04 Å². The summed E-state index contributed by atoms with van der Waals surface area (Å²) in [6.07, 6.45) is 11.9. The van der Waals surface area contributed by atoms with Crippen LogP contribution in [0.25, 0.3) is 0 Å². The zero-order valence-corrected chi connectivity index (χ0v) is 14.2. The van der Waals surface area contributed by atoms with Crippen molar-refractivity contribution in [1.82, 2.24) is 19.8 Å². The molecular weight excluding hydrogens is 276 g/mol. The van der Waals surface area contributed by atoms with Gasteiger partial charge in [-0.15, -0.1) is 0 Å². The molecule has 0 bridgehead atoms. The van der Waals surface area contributed by atoms with Gasteiger partial charge in [0.2, 0.25) is 5.91 Å². The number of rotatable bonds is 7. The molecule has 1 heterocycles. The van der Waals surface area contributed by atoms with Gasteiger partial charge in [0.05, 0.1) is 6.04 Å². The fourth-order valence-electron chi connectivity index (χ4n) is 3.09. The predicted octanol–water partition coefficient (Wildman–Crippen LogP) is 2.12. The van der Waals surface area contributed by atoms with Gasteiger partial charge in [0.15, 0.2) is 0 Å². The predicted molar refractivity (Wildman–Crippen MR) is 88.6 cm³/mol. The molecule has 0 saturated heterocycles. The van der Waals surface area contributed by atoms with Crippen LogP contribution < -0.4 is 5.32 Å². The van der Waals surface area contributed by atoms with Crippen LogP contribution in [0.4, 0.5) is 0 Å². The van der Waals surface area contributed by atoms with Crippen molar-refractivity contribution in [3.63, 3.8) is 0 Å². The summed E-state index contributed by atoms with van der Waals surface area (Å²) in [4.78, 5) is 18.8. The smallest absolute Gasteiger partial charge is 0.237 e. The van der Waals surface area contributed by atoms with Crippen LogP contribution in [0.1, 0.15) is 51.3 Å². The average molecular weight is 306 g/mol. The summed E-state index contributed by atoms with van der Waals surface area (Å²) >= 11 is 0. The number of aryl methyl sites for hydroxylation is 2. The van der Waals surface area contributed by atoms with Crippen molar-refractivity contribution >= 4 is 5.91 Å². The molecular formula is C17H30N4O. The van der Waals surface area contributed by atoms with Crippen LogP contribution in [-0.2, 0) is 18.3 Å². The third kappa shape index (κ3) is 4.83. The quantitative estimate of drug-likeness (QED) is 0.839. The summed E-state index contributed by atoms with van der Waals surface area (Å²) in [7, 11) is 4.05. The Balaban J connectivity index is 1.70. The van der Waals surface area contributed by atoms with Crippen LogP contribution in [0.15, 0.2) is 12.4 Å². The summed E-state index contributed by atoms with van der Waals surface area (Å²) in [6.45, 7) is 2.91. The van der Waals surface area contributed by atoms with E-state index in [4.69, 9.17) is 0 Å². The van der Waals surface area contributed by atoms with E-state index in [1.807, 2.05) is 33.4 Å². The van der Waals surface area contributed by atoms with Gasteiger partial charge in [-0.1, -0.05) is 19.3 Å². The molecule has 124 valence electrons. The minimum Gasteiger partial charge on any atom is -0.352 e. The summed E-state index contributed by atoms with van der Waals surface area (Å²) < 4.78 is 2.05. The second-order valence-corrected chi connectivity index (χ2v) is 6.56. The first kappa shape index (κ1) is 17.0. The number of nitrogens with one attached hydrogen (secondary N) is 1. The van der Waals surface area contributed by atoms with Gasteiger partial charge in [-0.25, -0.2) is 4.98 Å². The number of nitrogens with zero attached hydrogens (tertiary/aromatic N) is 3. The molecule has 1 amide bonds. The van der Waals surface area contributed by atoms with Crippen molar-refractivity contribution in [3.05, 3.63) is 18.2 Å². The third-order valence-electron chi connectivity index (χ3n) is 4.82. The largest absolute Gasteiger partial charge is 0.352 e. The molecule has 1 saturated carbocycles. The molecule has 0 aliphatic heterocycles.